The largest absolute Gasteiger partial charge is 0.372 e. The van der Waals surface area contributed by atoms with Gasteiger partial charge in [-0.05, 0) is 61.5 Å². The summed E-state index contributed by atoms with van der Waals surface area (Å²) in [6.45, 7) is 9.19. The molecule has 2 aromatic rings. The van der Waals surface area contributed by atoms with Crippen LogP contribution in [0.3, 0.4) is 0 Å². The van der Waals surface area contributed by atoms with Crippen LogP contribution in [-0.4, -0.2) is 60.2 Å². The number of anilines is 2. The number of rotatable bonds is 6. The fourth-order valence-corrected chi connectivity index (χ4v) is 4.96. The zero-order chi connectivity index (χ0) is 23.4. The first-order chi connectivity index (χ1) is 16.0. The number of benzene rings is 2. The molecule has 8 nitrogen and oxygen atoms in total. The van der Waals surface area contributed by atoms with Crippen molar-refractivity contribution in [3.63, 3.8) is 0 Å². The lowest BCUT2D eigenvalue weighted by molar-refractivity contribution is -0.384. The molecule has 33 heavy (non-hydrogen) atoms. The number of nitrogens with zero attached hydrogens (tertiary/aromatic N) is 5. The molecule has 2 heterocycles. The Bertz CT molecular complexity index is 1070. The van der Waals surface area contributed by atoms with Crippen molar-refractivity contribution in [1.29, 1.82) is 0 Å². The summed E-state index contributed by atoms with van der Waals surface area (Å²) in [5.41, 5.74) is 3.22. The third kappa shape index (κ3) is 5.19. The molecule has 0 N–H and O–H groups in total. The van der Waals surface area contributed by atoms with Crippen LogP contribution in [0.25, 0.3) is 6.08 Å². The van der Waals surface area contributed by atoms with Crippen LogP contribution in [0, 0.1) is 10.1 Å². The molecule has 0 radical (unpaired) electrons. The van der Waals surface area contributed by atoms with Gasteiger partial charge in [-0.15, -0.1) is 0 Å². The average molecular weight is 466 g/mol. The third-order valence-corrected chi connectivity index (χ3v) is 6.95. The Morgan fingerprint density at radius 2 is 1.61 bits per heavy atom. The Kier molecular flexibility index (Phi) is 6.98. The quantitative estimate of drug-likeness (QED) is 0.359. The number of aliphatic imine (C=N–C) groups is 1. The Balaban J connectivity index is 1.35. The van der Waals surface area contributed by atoms with Crippen LogP contribution in [0.15, 0.2) is 58.4 Å². The van der Waals surface area contributed by atoms with Gasteiger partial charge in [0.1, 0.15) is 0 Å². The highest BCUT2D eigenvalue weighted by atomic mass is 32.2. The van der Waals surface area contributed by atoms with E-state index in [0.29, 0.717) is 4.91 Å². The van der Waals surface area contributed by atoms with Crippen LogP contribution in [0.5, 0.6) is 0 Å². The standard InChI is InChI=1S/C24H27N5O3S/c1-3-26(4-2)19-7-5-18(6-8-19)17-22-23(30)25-24(33-22)28-15-13-27(14-16-28)20-9-11-21(12-10-20)29(31)32/h5-12,17H,3-4,13-16H2,1-2H3. The number of amidine groups is 1. The molecule has 2 aliphatic rings. The predicted octanol–water partition coefficient (Wildman–Crippen LogP) is 4.23. The molecule has 1 amide bonds. The number of piperazine rings is 1. The van der Waals surface area contributed by atoms with Gasteiger partial charge in [-0.3, -0.25) is 14.9 Å². The lowest BCUT2D eigenvalue weighted by Gasteiger charge is -2.36. The van der Waals surface area contributed by atoms with Crippen LogP contribution in [0.4, 0.5) is 17.1 Å². The van der Waals surface area contributed by atoms with Gasteiger partial charge >= 0.3 is 0 Å². The molecule has 0 aromatic heterocycles. The van der Waals surface area contributed by atoms with Crippen LogP contribution >= 0.6 is 11.8 Å². The monoisotopic (exact) mass is 465 g/mol. The number of hydrogen-bond donors (Lipinski definition) is 0. The van der Waals surface area contributed by atoms with Gasteiger partial charge < -0.3 is 14.7 Å². The van der Waals surface area contributed by atoms with Crippen LogP contribution in [0.1, 0.15) is 19.4 Å². The first kappa shape index (κ1) is 22.8. The Morgan fingerprint density at radius 3 is 2.18 bits per heavy atom. The van der Waals surface area contributed by atoms with E-state index in [1.807, 2.05) is 18.2 Å². The summed E-state index contributed by atoms with van der Waals surface area (Å²) in [4.78, 5) is 34.5. The van der Waals surface area contributed by atoms with Crippen molar-refractivity contribution in [2.45, 2.75) is 13.8 Å². The Morgan fingerprint density at radius 1 is 1.00 bits per heavy atom. The number of nitro benzene ring substituents is 1. The van der Waals surface area contributed by atoms with E-state index in [1.165, 1.54) is 29.6 Å². The summed E-state index contributed by atoms with van der Waals surface area (Å²) >= 11 is 1.43. The second-order valence-electron chi connectivity index (χ2n) is 7.82. The maximum atomic E-state index is 12.5. The van der Waals surface area contributed by atoms with E-state index in [9.17, 15) is 14.9 Å². The first-order valence-corrected chi connectivity index (χ1v) is 11.9. The van der Waals surface area contributed by atoms with Crippen molar-refractivity contribution < 1.29 is 9.72 Å². The van der Waals surface area contributed by atoms with E-state index in [0.717, 1.165) is 55.7 Å². The molecule has 2 aromatic carbocycles. The van der Waals surface area contributed by atoms with Crippen molar-refractivity contribution in [3.05, 3.63) is 69.1 Å². The molecule has 0 saturated carbocycles. The molecule has 1 fully saturated rings. The average Bonchev–Trinajstić information content (AvgIpc) is 3.21. The van der Waals surface area contributed by atoms with E-state index >= 15 is 0 Å². The molecule has 0 unspecified atom stereocenters. The minimum absolute atomic E-state index is 0.0922. The van der Waals surface area contributed by atoms with Gasteiger partial charge in [0.05, 0.1) is 9.83 Å². The molecule has 1 saturated heterocycles. The predicted molar refractivity (Wildman–Crippen MR) is 135 cm³/mol. The zero-order valence-corrected chi connectivity index (χ0v) is 19.6. The molecule has 9 heteroatoms. The molecule has 0 aliphatic carbocycles. The van der Waals surface area contributed by atoms with Crippen LogP contribution in [-0.2, 0) is 4.79 Å². The highest BCUT2D eigenvalue weighted by Gasteiger charge is 2.28. The summed E-state index contributed by atoms with van der Waals surface area (Å²) < 4.78 is 0. The van der Waals surface area contributed by atoms with Gasteiger partial charge in [-0.2, -0.15) is 4.99 Å². The summed E-state index contributed by atoms with van der Waals surface area (Å²) in [5, 5.41) is 11.6. The summed E-state index contributed by atoms with van der Waals surface area (Å²) in [6, 6.07) is 14.9. The van der Waals surface area contributed by atoms with Gasteiger partial charge in [-0.25, -0.2) is 0 Å². The van der Waals surface area contributed by atoms with Gasteiger partial charge in [0.25, 0.3) is 11.6 Å². The number of carbonyl (C=O) groups is 1. The maximum absolute atomic E-state index is 12.5. The third-order valence-electron chi connectivity index (χ3n) is 5.90. The molecule has 0 bridgehead atoms. The van der Waals surface area contributed by atoms with Crippen LogP contribution in [0.2, 0.25) is 0 Å². The number of non-ortho nitro benzene ring substituents is 1. The first-order valence-electron chi connectivity index (χ1n) is 11.1. The topological polar surface area (TPSA) is 82.3 Å². The number of amides is 1. The van der Waals surface area contributed by atoms with Crippen molar-refractivity contribution in [3.8, 4) is 0 Å². The van der Waals surface area contributed by atoms with E-state index in [-0.39, 0.29) is 11.6 Å². The fourth-order valence-electron chi connectivity index (χ4n) is 4.00. The number of thioether (sulfide) groups is 1. The summed E-state index contributed by atoms with van der Waals surface area (Å²) in [7, 11) is 0. The highest BCUT2D eigenvalue weighted by molar-refractivity contribution is 8.18. The second kappa shape index (κ2) is 10.1. The van der Waals surface area contributed by atoms with Gasteiger partial charge in [0.15, 0.2) is 5.17 Å². The maximum Gasteiger partial charge on any atom is 0.286 e. The SMILES string of the molecule is CCN(CC)c1ccc(C=C2SC(N3CCN(c4ccc([N+](=O)[O-])cc4)CC3)=NC2=O)cc1. The zero-order valence-electron chi connectivity index (χ0n) is 18.8. The molecule has 172 valence electrons. The minimum atomic E-state index is -0.390. The van der Waals surface area contributed by atoms with E-state index in [4.69, 9.17) is 0 Å². The highest BCUT2D eigenvalue weighted by Crippen LogP contribution is 2.31. The molecule has 2 aliphatic heterocycles. The van der Waals surface area contributed by atoms with Crippen molar-refractivity contribution in [2.75, 3.05) is 49.1 Å². The van der Waals surface area contributed by atoms with Crippen LogP contribution < -0.4 is 9.80 Å². The smallest absolute Gasteiger partial charge is 0.286 e. The molecular formula is C24H27N5O3S. The van der Waals surface area contributed by atoms with Crippen molar-refractivity contribution >= 4 is 46.0 Å². The Labute approximate surface area is 197 Å². The van der Waals surface area contributed by atoms with Gasteiger partial charge in [0.2, 0.25) is 0 Å². The lowest BCUT2D eigenvalue weighted by Crippen LogP contribution is -2.47. The number of hydrogen-bond acceptors (Lipinski definition) is 7. The van der Waals surface area contributed by atoms with E-state index in [1.54, 1.807) is 12.1 Å². The fraction of sp³-hybridized carbons (Fsp3) is 0.333. The number of carbonyl (C=O) groups excluding carboxylic acids is 1. The van der Waals surface area contributed by atoms with Crippen molar-refractivity contribution in [2.24, 2.45) is 4.99 Å². The molecule has 0 atom stereocenters. The Hall–Kier alpha value is -3.33. The summed E-state index contributed by atoms with van der Waals surface area (Å²) in [5.74, 6) is -0.194. The second-order valence-corrected chi connectivity index (χ2v) is 8.83. The van der Waals surface area contributed by atoms with Gasteiger partial charge in [-0.1, -0.05) is 12.1 Å². The van der Waals surface area contributed by atoms with E-state index < -0.39 is 4.92 Å². The van der Waals surface area contributed by atoms with E-state index in [2.05, 4.69) is 45.7 Å². The molecule has 0 spiro atoms. The van der Waals surface area contributed by atoms with Gasteiger partial charge in [0, 0.05) is 62.8 Å². The number of nitro groups is 1. The summed E-state index contributed by atoms with van der Waals surface area (Å²) in [6.07, 6.45) is 1.91. The normalized spacial score (nSPS) is 17.5. The molecule has 4 rings (SSSR count). The molecular weight excluding hydrogens is 438 g/mol. The lowest BCUT2D eigenvalue weighted by atomic mass is 10.2. The van der Waals surface area contributed by atoms with Crippen molar-refractivity contribution in [1.82, 2.24) is 4.90 Å². The minimum Gasteiger partial charge on any atom is -0.372 e.